The van der Waals surface area contributed by atoms with Crippen LogP contribution in [0.2, 0.25) is 0 Å². The van der Waals surface area contributed by atoms with Crippen LogP contribution in [0, 0.1) is 5.92 Å². The van der Waals surface area contributed by atoms with Crippen LogP contribution >= 0.6 is 12.4 Å². The molecule has 0 radical (unpaired) electrons. The topological polar surface area (TPSA) is 41.1 Å². The van der Waals surface area contributed by atoms with Gasteiger partial charge in [0.25, 0.3) is 0 Å². The van der Waals surface area contributed by atoms with E-state index in [9.17, 15) is 4.79 Å². The monoisotopic (exact) mass is 290 g/mol. The molecule has 2 aromatic rings. The smallest absolute Gasteiger partial charge is 0.238 e. The number of anilines is 1. The van der Waals surface area contributed by atoms with Gasteiger partial charge < -0.3 is 10.6 Å². The van der Waals surface area contributed by atoms with E-state index in [1.165, 1.54) is 12.8 Å². The molecule has 0 bridgehead atoms. The third-order valence-electron chi connectivity index (χ3n) is 3.48. The van der Waals surface area contributed by atoms with Crippen LogP contribution in [0.1, 0.15) is 12.8 Å². The fourth-order valence-electron chi connectivity index (χ4n) is 2.24. The van der Waals surface area contributed by atoms with E-state index in [0.29, 0.717) is 6.54 Å². The van der Waals surface area contributed by atoms with Gasteiger partial charge in [0, 0.05) is 11.1 Å². The van der Waals surface area contributed by atoms with Crippen LogP contribution in [0.4, 0.5) is 5.69 Å². The SMILES string of the molecule is Cl.O=C(CNCC1CC1)Nc1cccc2ccccc12. The largest absolute Gasteiger partial charge is 0.324 e. The van der Waals surface area contributed by atoms with Crippen LogP contribution in [-0.4, -0.2) is 19.0 Å². The van der Waals surface area contributed by atoms with Crippen LogP contribution in [0.3, 0.4) is 0 Å². The molecule has 0 spiro atoms. The Kier molecular flexibility index (Phi) is 4.99. The van der Waals surface area contributed by atoms with Gasteiger partial charge in [0.05, 0.1) is 6.54 Å². The maximum absolute atomic E-state index is 11.9. The number of benzene rings is 2. The fourth-order valence-corrected chi connectivity index (χ4v) is 2.24. The van der Waals surface area contributed by atoms with Gasteiger partial charge in [0.15, 0.2) is 0 Å². The summed E-state index contributed by atoms with van der Waals surface area (Å²) in [6, 6.07) is 14.0. The van der Waals surface area contributed by atoms with Crippen LogP contribution in [0.5, 0.6) is 0 Å². The van der Waals surface area contributed by atoms with Crippen LogP contribution < -0.4 is 10.6 Å². The summed E-state index contributed by atoms with van der Waals surface area (Å²) < 4.78 is 0. The van der Waals surface area contributed by atoms with Gasteiger partial charge in [-0.15, -0.1) is 12.4 Å². The van der Waals surface area contributed by atoms with Crippen molar-refractivity contribution in [2.75, 3.05) is 18.4 Å². The first kappa shape index (κ1) is 14.8. The lowest BCUT2D eigenvalue weighted by atomic mass is 10.1. The zero-order chi connectivity index (χ0) is 13.1. The average Bonchev–Trinajstić information content (AvgIpc) is 3.23. The molecule has 0 saturated heterocycles. The highest BCUT2D eigenvalue weighted by molar-refractivity contribution is 6.02. The van der Waals surface area contributed by atoms with Crippen molar-refractivity contribution in [1.29, 1.82) is 0 Å². The predicted molar refractivity (Wildman–Crippen MR) is 85.4 cm³/mol. The maximum atomic E-state index is 11.9. The Hall–Kier alpha value is -1.58. The minimum absolute atomic E-state index is 0. The summed E-state index contributed by atoms with van der Waals surface area (Å²) >= 11 is 0. The van der Waals surface area contributed by atoms with E-state index in [4.69, 9.17) is 0 Å². The Labute approximate surface area is 125 Å². The van der Waals surface area contributed by atoms with E-state index in [2.05, 4.69) is 22.8 Å². The molecule has 0 aliphatic heterocycles. The molecule has 1 aliphatic rings. The lowest BCUT2D eigenvalue weighted by molar-refractivity contribution is -0.115. The van der Waals surface area contributed by atoms with Crippen molar-refractivity contribution < 1.29 is 4.79 Å². The Morgan fingerprint density at radius 2 is 1.85 bits per heavy atom. The molecule has 2 aromatic carbocycles. The number of amides is 1. The van der Waals surface area contributed by atoms with Crippen LogP contribution in [0.15, 0.2) is 42.5 Å². The zero-order valence-electron chi connectivity index (χ0n) is 11.3. The van der Waals surface area contributed by atoms with Crippen molar-refractivity contribution in [3.05, 3.63) is 42.5 Å². The molecule has 2 N–H and O–H groups in total. The molecular formula is C16H19ClN2O. The summed E-state index contributed by atoms with van der Waals surface area (Å²) in [5.41, 5.74) is 0.885. The van der Waals surface area contributed by atoms with Crippen LogP contribution in [0.25, 0.3) is 10.8 Å². The van der Waals surface area contributed by atoms with Gasteiger partial charge in [-0.05, 0) is 36.8 Å². The van der Waals surface area contributed by atoms with Crippen molar-refractivity contribution in [1.82, 2.24) is 5.32 Å². The maximum Gasteiger partial charge on any atom is 0.238 e. The average molecular weight is 291 g/mol. The van der Waals surface area contributed by atoms with Crippen molar-refractivity contribution >= 4 is 34.8 Å². The summed E-state index contributed by atoms with van der Waals surface area (Å²) in [6.07, 6.45) is 2.61. The molecule has 1 amide bonds. The predicted octanol–water partition coefficient (Wildman–Crippen LogP) is 3.20. The van der Waals surface area contributed by atoms with Crippen molar-refractivity contribution in [3.63, 3.8) is 0 Å². The molecule has 106 valence electrons. The summed E-state index contributed by atoms with van der Waals surface area (Å²) in [7, 11) is 0. The summed E-state index contributed by atoms with van der Waals surface area (Å²) in [6.45, 7) is 1.35. The Morgan fingerprint density at radius 3 is 2.65 bits per heavy atom. The van der Waals surface area contributed by atoms with E-state index in [-0.39, 0.29) is 18.3 Å². The normalized spacial score (nSPS) is 13.8. The first-order valence-corrected chi connectivity index (χ1v) is 6.81. The van der Waals surface area contributed by atoms with Gasteiger partial charge in [0.1, 0.15) is 0 Å². The van der Waals surface area contributed by atoms with Gasteiger partial charge in [-0.25, -0.2) is 0 Å². The minimum atomic E-state index is 0. The first-order valence-electron chi connectivity index (χ1n) is 6.81. The number of hydrogen-bond acceptors (Lipinski definition) is 2. The third-order valence-corrected chi connectivity index (χ3v) is 3.48. The highest BCUT2D eigenvalue weighted by Crippen LogP contribution is 2.27. The molecule has 3 nitrogen and oxygen atoms in total. The molecule has 0 atom stereocenters. The number of carbonyl (C=O) groups is 1. The Bertz CT molecular complexity index is 591. The number of fused-ring (bicyclic) bond motifs is 1. The Balaban J connectivity index is 0.00000147. The second-order valence-electron chi connectivity index (χ2n) is 5.15. The molecule has 1 aliphatic carbocycles. The minimum Gasteiger partial charge on any atom is -0.324 e. The molecule has 3 rings (SSSR count). The standard InChI is InChI=1S/C16H18N2O.ClH/c19-16(11-17-10-12-8-9-12)18-15-7-3-5-13-4-1-2-6-14(13)15;/h1-7,12,17H,8-11H2,(H,18,19);1H. The second kappa shape index (κ2) is 6.73. The lowest BCUT2D eigenvalue weighted by Crippen LogP contribution is -2.29. The van der Waals surface area contributed by atoms with Gasteiger partial charge >= 0.3 is 0 Å². The molecule has 1 fully saturated rings. The second-order valence-corrected chi connectivity index (χ2v) is 5.15. The van der Waals surface area contributed by atoms with Crippen molar-refractivity contribution in [2.24, 2.45) is 5.92 Å². The number of halogens is 1. The molecule has 0 aromatic heterocycles. The van der Waals surface area contributed by atoms with Gasteiger partial charge in [-0.1, -0.05) is 36.4 Å². The lowest BCUT2D eigenvalue weighted by Gasteiger charge is -2.09. The summed E-state index contributed by atoms with van der Waals surface area (Å²) in [4.78, 5) is 11.9. The molecule has 4 heteroatoms. The van der Waals surface area contributed by atoms with E-state index >= 15 is 0 Å². The molecule has 1 saturated carbocycles. The first-order chi connectivity index (χ1) is 9.33. The van der Waals surface area contributed by atoms with E-state index in [1.807, 2.05) is 30.3 Å². The van der Waals surface area contributed by atoms with E-state index in [0.717, 1.165) is 28.9 Å². The molecule has 20 heavy (non-hydrogen) atoms. The third kappa shape index (κ3) is 3.71. The number of carbonyl (C=O) groups excluding carboxylic acids is 1. The van der Waals surface area contributed by atoms with Gasteiger partial charge in [0.2, 0.25) is 5.91 Å². The molecule has 0 heterocycles. The van der Waals surface area contributed by atoms with Gasteiger partial charge in [-0.3, -0.25) is 4.79 Å². The fraction of sp³-hybridized carbons (Fsp3) is 0.312. The number of hydrogen-bond donors (Lipinski definition) is 2. The summed E-state index contributed by atoms with van der Waals surface area (Å²) in [5.74, 6) is 0.822. The number of nitrogens with one attached hydrogen (secondary N) is 2. The van der Waals surface area contributed by atoms with Gasteiger partial charge in [-0.2, -0.15) is 0 Å². The zero-order valence-corrected chi connectivity index (χ0v) is 12.1. The Morgan fingerprint density at radius 1 is 1.10 bits per heavy atom. The molecule has 0 unspecified atom stereocenters. The highest BCUT2D eigenvalue weighted by Gasteiger charge is 2.20. The highest BCUT2D eigenvalue weighted by atomic mass is 35.5. The van der Waals surface area contributed by atoms with Crippen molar-refractivity contribution in [2.45, 2.75) is 12.8 Å². The van der Waals surface area contributed by atoms with E-state index in [1.54, 1.807) is 0 Å². The number of rotatable bonds is 5. The van der Waals surface area contributed by atoms with Crippen LogP contribution in [-0.2, 0) is 4.79 Å². The van der Waals surface area contributed by atoms with E-state index < -0.39 is 0 Å². The molecular weight excluding hydrogens is 272 g/mol. The summed E-state index contributed by atoms with van der Waals surface area (Å²) in [5, 5.41) is 8.41. The van der Waals surface area contributed by atoms with Crippen molar-refractivity contribution in [3.8, 4) is 0 Å². The quantitative estimate of drug-likeness (QED) is 0.888.